The van der Waals surface area contributed by atoms with Crippen LogP contribution in [-0.2, 0) is 10.7 Å². The van der Waals surface area contributed by atoms with Crippen molar-refractivity contribution in [3.05, 3.63) is 65.2 Å². The zero-order valence-electron chi connectivity index (χ0n) is 15.8. The molecule has 0 fully saturated rings. The highest BCUT2D eigenvalue weighted by atomic mass is 35.5. The minimum Gasteiger partial charge on any atom is -0.394 e. The molecule has 1 amide bonds. The van der Waals surface area contributed by atoms with Crippen molar-refractivity contribution in [2.45, 2.75) is 18.9 Å². The number of aromatic nitrogens is 3. The molecule has 0 spiro atoms. The normalized spacial score (nSPS) is 13.5. The largest absolute Gasteiger partial charge is 0.394 e. The standard InChI is InChI=1S/C19H18ClF3N4O3/c1-3-12(5-4-11(2)20)17(29)25-15(9-28)18-26-16(27-30-18)14-7-6-13(8-24-14)19(22,23)10-21/h3-8,15,28H,2,9-10H2,1H3,(H,25,29)/b5-4-,12-3+/t15-/m0/s1. The Kier molecular flexibility index (Phi) is 7.90. The number of halogens is 4. The number of rotatable bonds is 9. The Labute approximate surface area is 175 Å². The average Bonchev–Trinajstić information content (AvgIpc) is 3.22. The van der Waals surface area contributed by atoms with Crippen LogP contribution in [0, 0.1) is 0 Å². The van der Waals surface area contributed by atoms with Crippen molar-refractivity contribution in [3.8, 4) is 11.5 Å². The van der Waals surface area contributed by atoms with Gasteiger partial charge in [-0.3, -0.25) is 9.78 Å². The lowest BCUT2D eigenvalue weighted by molar-refractivity contribution is -0.118. The van der Waals surface area contributed by atoms with Crippen LogP contribution in [0.3, 0.4) is 0 Å². The van der Waals surface area contributed by atoms with E-state index in [4.69, 9.17) is 16.1 Å². The number of nitrogens with zero attached hydrogens (tertiary/aromatic N) is 3. The first-order valence-electron chi connectivity index (χ1n) is 8.56. The van der Waals surface area contributed by atoms with Gasteiger partial charge in [0.1, 0.15) is 11.7 Å². The lowest BCUT2D eigenvalue weighted by Crippen LogP contribution is -2.31. The highest BCUT2D eigenvalue weighted by molar-refractivity contribution is 6.30. The van der Waals surface area contributed by atoms with Gasteiger partial charge in [-0.25, -0.2) is 4.39 Å². The smallest absolute Gasteiger partial charge is 0.302 e. The number of hydrogen-bond donors (Lipinski definition) is 2. The predicted octanol–water partition coefficient (Wildman–Crippen LogP) is 3.60. The molecule has 30 heavy (non-hydrogen) atoms. The number of aliphatic hydroxyl groups excluding tert-OH is 1. The van der Waals surface area contributed by atoms with Crippen LogP contribution in [0.5, 0.6) is 0 Å². The number of amides is 1. The number of alkyl halides is 3. The van der Waals surface area contributed by atoms with Gasteiger partial charge in [0.2, 0.25) is 5.82 Å². The average molecular weight is 443 g/mol. The van der Waals surface area contributed by atoms with Crippen molar-refractivity contribution in [3.63, 3.8) is 0 Å². The zero-order valence-corrected chi connectivity index (χ0v) is 16.5. The van der Waals surface area contributed by atoms with Crippen molar-refractivity contribution in [2.24, 2.45) is 0 Å². The molecule has 11 heteroatoms. The number of nitrogens with one attached hydrogen (secondary N) is 1. The van der Waals surface area contributed by atoms with E-state index < -0.39 is 36.7 Å². The molecule has 2 aromatic rings. The van der Waals surface area contributed by atoms with E-state index in [1.54, 1.807) is 6.92 Å². The summed E-state index contributed by atoms with van der Waals surface area (Å²) < 4.78 is 44.1. The topological polar surface area (TPSA) is 101 Å². The van der Waals surface area contributed by atoms with E-state index in [0.717, 1.165) is 12.3 Å². The minimum atomic E-state index is -3.64. The van der Waals surface area contributed by atoms with Crippen LogP contribution in [0.1, 0.15) is 24.4 Å². The Balaban J connectivity index is 2.17. The molecule has 2 heterocycles. The number of hydrogen-bond acceptors (Lipinski definition) is 6. The SMILES string of the molecule is C=C(Cl)/C=C\C(=C/C)C(=O)N[C@@H](CO)c1nc(-c2ccc(C(F)(F)CF)cn2)no1. The fraction of sp³-hybridized carbons (Fsp3) is 0.263. The zero-order chi connectivity index (χ0) is 22.3. The van der Waals surface area contributed by atoms with Crippen molar-refractivity contribution in [1.29, 1.82) is 0 Å². The number of carbonyl (C=O) groups excluding carboxylic acids is 1. The molecule has 2 aromatic heterocycles. The summed E-state index contributed by atoms with van der Waals surface area (Å²) in [6.45, 7) is 2.72. The van der Waals surface area contributed by atoms with E-state index in [1.807, 2.05) is 0 Å². The molecule has 0 aliphatic carbocycles. The van der Waals surface area contributed by atoms with E-state index in [0.29, 0.717) is 0 Å². The number of aliphatic hydroxyl groups is 1. The molecule has 0 bridgehead atoms. The van der Waals surface area contributed by atoms with E-state index in [9.17, 15) is 23.1 Å². The van der Waals surface area contributed by atoms with Gasteiger partial charge in [0.25, 0.3) is 11.8 Å². The third-order valence-corrected chi connectivity index (χ3v) is 3.95. The van der Waals surface area contributed by atoms with Gasteiger partial charge < -0.3 is 14.9 Å². The van der Waals surface area contributed by atoms with Crippen LogP contribution in [0.4, 0.5) is 13.2 Å². The molecule has 7 nitrogen and oxygen atoms in total. The molecule has 160 valence electrons. The Hall–Kier alpha value is -2.98. The first-order chi connectivity index (χ1) is 14.2. The Morgan fingerprint density at radius 3 is 2.70 bits per heavy atom. The lowest BCUT2D eigenvalue weighted by Gasteiger charge is -2.12. The molecule has 0 aliphatic rings. The second kappa shape index (κ2) is 10.2. The van der Waals surface area contributed by atoms with Crippen molar-refractivity contribution in [2.75, 3.05) is 13.3 Å². The molecular formula is C19H18ClF3N4O3. The summed E-state index contributed by atoms with van der Waals surface area (Å²) in [5.41, 5.74) is -0.255. The fourth-order valence-electron chi connectivity index (χ4n) is 2.21. The second-order valence-corrected chi connectivity index (χ2v) is 6.44. The maximum absolute atomic E-state index is 13.3. The van der Waals surface area contributed by atoms with Crippen LogP contribution in [0.2, 0.25) is 0 Å². The summed E-state index contributed by atoms with van der Waals surface area (Å²) in [7, 11) is 0. The van der Waals surface area contributed by atoms with Crippen molar-refractivity contribution >= 4 is 17.5 Å². The fourth-order valence-corrected chi connectivity index (χ4v) is 2.27. The van der Waals surface area contributed by atoms with E-state index >= 15 is 0 Å². The summed E-state index contributed by atoms with van der Waals surface area (Å²) in [5.74, 6) is -4.37. The van der Waals surface area contributed by atoms with Gasteiger partial charge in [-0.2, -0.15) is 13.8 Å². The van der Waals surface area contributed by atoms with E-state index in [2.05, 4.69) is 27.0 Å². The van der Waals surface area contributed by atoms with E-state index in [1.165, 1.54) is 24.3 Å². The highest BCUT2D eigenvalue weighted by Gasteiger charge is 2.32. The molecular weight excluding hydrogens is 425 g/mol. The Morgan fingerprint density at radius 1 is 1.43 bits per heavy atom. The van der Waals surface area contributed by atoms with Gasteiger partial charge in [0.15, 0.2) is 6.67 Å². The summed E-state index contributed by atoms with van der Waals surface area (Å²) in [5, 5.41) is 16.0. The first kappa shape index (κ1) is 23.3. The maximum atomic E-state index is 13.3. The molecule has 2 rings (SSSR count). The van der Waals surface area contributed by atoms with Crippen molar-refractivity contribution < 1.29 is 27.6 Å². The monoisotopic (exact) mass is 442 g/mol. The molecule has 0 aromatic carbocycles. The van der Waals surface area contributed by atoms with Crippen LogP contribution < -0.4 is 5.32 Å². The molecule has 0 saturated carbocycles. The number of allylic oxidation sites excluding steroid dienone is 3. The second-order valence-electron chi connectivity index (χ2n) is 5.96. The number of carbonyl (C=O) groups is 1. The van der Waals surface area contributed by atoms with Gasteiger partial charge >= 0.3 is 5.92 Å². The van der Waals surface area contributed by atoms with Gasteiger partial charge in [-0.15, -0.1) is 0 Å². The summed E-state index contributed by atoms with van der Waals surface area (Å²) in [6, 6.07) is 1.15. The molecule has 0 unspecified atom stereocenters. The predicted molar refractivity (Wildman–Crippen MR) is 103 cm³/mol. The summed E-state index contributed by atoms with van der Waals surface area (Å²) >= 11 is 5.64. The minimum absolute atomic E-state index is 0.0580. The quantitative estimate of drug-likeness (QED) is 0.454. The van der Waals surface area contributed by atoms with Crippen LogP contribution in [0.15, 0.2) is 58.3 Å². The molecule has 0 aliphatic heterocycles. The summed E-state index contributed by atoms with van der Waals surface area (Å²) in [6.07, 6.45) is 5.21. The highest BCUT2D eigenvalue weighted by Crippen LogP contribution is 2.28. The Morgan fingerprint density at radius 2 is 2.17 bits per heavy atom. The molecule has 2 N–H and O–H groups in total. The maximum Gasteiger partial charge on any atom is 0.302 e. The van der Waals surface area contributed by atoms with Gasteiger partial charge in [-0.05, 0) is 31.2 Å². The van der Waals surface area contributed by atoms with Gasteiger partial charge in [-0.1, -0.05) is 29.4 Å². The van der Waals surface area contributed by atoms with Gasteiger partial charge in [0.05, 0.1) is 6.61 Å². The third-order valence-electron chi connectivity index (χ3n) is 3.83. The summed E-state index contributed by atoms with van der Waals surface area (Å²) in [4.78, 5) is 20.2. The van der Waals surface area contributed by atoms with Crippen LogP contribution in [-0.4, -0.2) is 39.4 Å². The first-order valence-corrected chi connectivity index (χ1v) is 8.94. The molecule has 0 saturated heterocycles. The van der Waals surface area contributed by atoms with Gasteiger partial charge in [0, 0.05) is 22.4 Å². The van der Waals surface area contributed by atoms with Crippen LogP contribution >= 0.6 is 11.6 Å². The van der Waals surface area contributed by atoms with Crippen LogP contribution in [0.25, 0.3) is 11.5 Å². The Bertz CT molecular complexity index is 958. The third kappa shape index (κ3) is 5.77. The molecule has 0 radical (unpaired) electrons. The lowest BCUT2D eigenvalue weighted by atomic mass is 10.1. The number of pyridine rings is 1. The van der Waals surface area contributed by atoms with E-state index in [-0.39, 0.29) is 28.0 Å². The van der Waals surface area contributed by atoms with Crippen molar-refractivity contribution in [1.82, 2.24) is 20.4 Å². The molecule has 1 atom stereocenters.